The standard InChI is InChI=1S/C15H22N2O3S/c1-3-20-15(19)13-7-4-8-17(13)11-14(18)16(2)10-12-6-5-9-21-12/h5-6,9,13H,3-4,7-8,10-11H2,1-2H3. The molecule has 1 aromatic heterocycles. The maximum Gasteiger partial charge on any atom is 0.323 e. The monoisotopic (exact) mass is 310 g/mol. The lowest BCUT2D eigenvalue weighted by Gasteiger charge is -2.25. The van der Waals surface area contributed by atoms with Crippen molar-refractivity contribution in [2.75, 3.05) is 26.7 Å². The smallest absolute Gasteiger partial charge is 0.323 e. The zero-order chi connectivity index (χ0) is 15.2. The second kappa shape index (κ2) is 7.56. The molecule has 1 saturated heterocycles. The molecule has 1 aliphatic rings. The molecule has 0 spiro atoms. The van der Waals surface area contributed by atoms with Crippen LogP contribution in [0.15, 0.2) is 17.5 Å². The highest BCUT2D eigenvalue weighted by Gasteiger charge is 2.33. The Morgan fingerprint density at radius 3 is 3.00 bits per heavy atom. The molecule has 1 aliphatic heterocycles. The van der Waals surface area contributed by atoms with E-state index in [1.807, 2.05) is 22.4 Å². The fourth-order valence-electron chi connectivity index (χ4n) is 2.54. The average Bonchev–Trinajstić information content (AvgIpc) is 3.10. The highest BCUT2D eigenvalue weighted by Crippen LogP contribution is 2.19. The molecule has 1 amide bonds. The van der Waals surface area contributed by atoms with E-state index in [1.54, 1.807) is 30.2 Å². The van der Waals surface area contributed by atoms with Gasteiger partial charge in [-0.25, -0.2) is 0 Å². The Labute approximate surface area is 129 Å². The van der Waals surface area contributed by atoms with Crippen molar-refractivity contribution in [2.24, 2.45) is 0 Å². The van der Waals surface area contributed by atoms with Crippen LogP contribution in [0.1, 0.15) is 24.6 Å². The van der Waals surface area contributed by atoms with Crippen LogP contribution in [0.25, 0.3) is 0 Å². The van der Waals surface area contributed by atoms with E-state index in [1.165, 1.54) is 0 Å². The third-order valence-corrected chi connectivity index (χ3v) is 4.52. The largest absolute Gasteiger partial charge is 0.465 e. The molecule has 21 heavy (non-hydrogen) atoms. The van der Waals surface area contributed by atoms with Gasteiger partial charge in [-0.15, -0.1) is 11.3 Å². The van der Waals surface area contributed by atoms with Crippen molar-refractivity contribution in [3.05, 3.63) is 22.4 Å². The first kappa shape index (κ1) is 16.0. The van der Waals surface area contributed by atoms with Crippen LogP contribution in [-0.2, 0) is 20.9 Å². The topological polar surface area (TPSA) is 49.9 Å². The molecule has 0 radical (unpaired) electrons. The summed E-state index contributed by atoms with van der Waals surface area (Å²) in [6.07, 6.45) is 1.71. The van der Waals surface area contributed by atoms with Crippen LogP contribution in [0.2, 0.25) is 0 Å². The van der Waals surface area contributed by atoms with Gasteiger partial charge in [0.15, 0.2) is 0 Å². The van der Waals surface area contributed by atoms with Gasteiger partial charge in [-0.2, -0.15) is 0 Å². The molecular formula is C15H22N2O3S. The summed E-state index contributed by atoms with van der Waals surface area (Å²) in [5.74, 6) is -0.164. The predicted octanol–water partition coefficient (Wildman–Crippen LogP) is 1.73. The maximum atomic E-state index is 12.3. The van der Waals surface area contributed by atoms with Gasteiger partial charge in [-0.1, -0.05) is 6.07 Å². The summed E-state index contributed by atoms with van der Waals surface area (Å²) in [6, 6.07) is 3.74. The lowest BCUT2D eigenvalue weighted by Crippen LogP contribution is -2.43. The summed E-state index contributed by atoms with van der Waals surface area (Å²) < 4.78 is 5.08. The van der Waals surface area contributed by atoms with Gasteiger partial charge in [0.2, 0.25) is 5.91 Å². The third kappa shape index (κ3) is 4.28. The van der Waals surface area contributed by atoms with Crippen LogP contribution in [0.4, 0.5) is 0 Å². The van der Waals surface area contributed by atoms with Gasteiger partial charge >= 0.3 is 5.97 Å². The maximum absolute atomic E-state index is 12.3. The minimum atomic E-state index is -0.260. The molecule has 1 atom stereocenters. The van der Waals surface area contributed by atoms with E-state index in [0.717, 1.165) is 24.3 Å². The van der Waals surface area contributed by atoms with Crippen LogP contribution in [0.5, 0.6) is 0 Å². The van der Waals surface area contributed by atoms with Crippen LogP contribution in [0, 0.1) is 0 Å². The molecule has 1 aromatic rings. The minimum absolute atomic E-state index is 0.0413. The number of ether oxygens (including phenoxy) is 1. The second-order valence-electron chi connectivity index (χ2n) is 5.21. The fourth-order valence-corrected chi connectivity index (χ4v) is 3.30. The van der Waals surface area contributed by atoms with Gasteiger partial charge in [0.25, 0.3) is 0 Å². The van der Waals surface area contributed by atoms with Crippen LogP contribution < -0.4 is 0 Å². The van der Waals surface area contributed by atoms with Crippen LogP contribution in [0.3, 0.4) is 0 Å². The minimum Gasteiger partial charge on any atom is -0.465 e. The van der Waals surface area contributed by atoms with Crippen molar-refractivity contribution in [1.29, 1.82) is 0 Å². The zero-order valence-electron chi connectivity index (χ0n) is 12.6. The summed E-state index contributed by atoms with van der Waals surface area (Å²) in [4.78, 5) is 29.0. The fraction of sp³-hybridized carbons (Fsp3) is 0.600. The molecule has 0 aliphatic carbocycles. The van der Waals surface area contributed by atoms with Crippen LogP contribution >= 0.6 is 11.3 Å². The number of hydrogen-bond donors (Lipinski definition) is 0. The zero-order valence-corrected chi connectivity index (χ0v) is 13.4. The Balaban J connectivity index is 1.87. The molecular weight excluding hydrogens is 288 g/mol. The van der Waals surface area contributed by atoms with E-state index in [9.17, 15) is 9.59 Å². The first-order chi connectivity index (χ1) is 10.1. The summed E-state index contributed by atoms with van der Waals surface area (Å²) in [6.45, 7) is 3.87. The van der Waals surface area contributed by atoms with Crippen molar-refractivity contribution in [1.82, 2.24) is 9.80 Å². The highest BCUT2D eigenvalue weighted by atomic mass is 32.1. The first-order valence-corrected chi connectivity index (χ1v) is 8.16. The van der Waals surface area contributed by atoms with Gasteiger partial charge in [-0.3, -0.25) is 14.5 Å². The number of esters is 1. The van der Waals surface area contributed by atoms with Crippen molar-refractivity contribution >= 4 is 23.2 Å². The molecule has 116 valence electrons. The molecule has 1 unspecified atom stereocenters. The number of thiophene rings is 1. The van der Waals surface area contributed by atoms with Crippen LogP contribution in [-0.4, -0.2) is 54.5 Å². The summed E-state index contributed by atoms with van der Waals surface area (Å²) >= 11 is 1.64. The molecule has 0 saturated carbocycles. The number of carbonyl (C=O) groups is 2. The molecule has 2 rings (SSSR count). The van der Waals surface area contributed by atoms with Crippen molar-refractivity contribution < 1.29 is 14.3 Å². The van der Waals surface area contributed by atoms with Crippen molar-refractivity contribution in [3.63, 3.8) is 0 Å². The number of likely N-dealkylation sites (tertiary alicyclic amines) is 1. The number of carbonyl (C=O) groups excluding carboxylic acids is 2. The number of likely N-dealkylation sites (N-methyl/N-ethyl adjacent to an activating group) is 1. The Hall–Kier alpha value is -1.40. The molecule has 2 heterocycles. The predicted molar refractivity (Wildman–Crippen MR) is 82.0 cm³/mol. The Morgan fingerprint density at radius 2 is 2.33 bits per heavy atom. The Bertz CT molecular complexity index is 475. The molecule has 1 fully saturated rings. The molecule has 6 heteroatoms. The number of rotatable bonds is 6. The normalized spacial score (nSPS) is 18.7. The van der Waals surface area contributed by atoms with Crippen molar-refractivity contribution in [2.45, 2.75) is 32.4 Å². The lowest BCUT2D eigenvalue weighted by molar-refractivity contribution is -0.149. The quantitative estimate of drug-likeness (QED) is 0.751. The summed E-state index contributed by atoms with van der Waals surface area (Å²) in [7, 11) is 1.80. The van der Waals surface area contributed by atoms with E-state index < -0.39 is 0 Å². The van der Waals surface area contributed by atoms with Gasteiger partial charge in [0, 0.05) is 11.9 Å². The number of hydrogen-bond acceptors (Lipinski definition) is 5. The highest BCUT2D eigenvalue weighted by molar-refractivity contribution is 7.09. The van der Waals surface area contributed by atoms with Crippen molar-refractivity contribution in [3.8, 4) is 0 Å². The molecule has 0 aromatic carbocycles. The van der Waals surface area contributed by atoms with Gasteiger partial charge in [0.05, 0.1) is 19.7 Å². The van der Waals surface area contributed by atoms with E-state index in [4.69, 9.17) is 4.74 Å². The average molecular weight is 310 g/mol. The molecule has 0 bridgehead atoms. The van der Waals surface area contributed by atoms with Gasteiger partial charge in [0.1, 0.15) is 6.04 Å². The number of nitrogens with zero attached hydrogens (tertiary/aromatic N) is 2. The van der Waals surface area contributed by atoms with E-state index in [2.05, 4.69) is 0 Å². The summed E-state index contributed by atoms with van der Waals surface area (Å²) in [5, 5.41) is 2.00. The van der Waals surface area contributed by atoms with E-state index >= 15 is 0 Å². The van der Waals surface area contributed by atoms with E-state index in [0.29, 0.717) is 13.2 Å². The second-order valence-corrected chi connectivity index (χ2v) is 6.24. The third-order valence-electron chi connectivity index (χ3n) is 3.66. The molecule has 0 N–H and O–H groups in total. The lowest BCUT2D eigenvalue weighted by atomic mass is 10.2. The molecule has 5 nitrogen and oxygen atoms in total. The Morgan fingerprint density at radius 1 is 1.52 bits per heavy atom. The summed E-state index contributed by atoms with van der Waals surface area (Å²) in [5.41, 5.74) is 0. The van der Waals surface area contributed by atoms with E-state index in [-0.39, 0.29) is 24.5 Å². The van der Waals surface area contributed by atoms with Gasteiger partial charge in [-0.05, 0) is 37.8 Å². The van der Waals surface area contributed by atoms with Gasteiger partial charge < -0.3 is 9.64 Å². The number of amides is 1. The Kier molecular flexibility index (Phi) is 5.76. The first-order valence-electron chi connectivity index (χ1n) is 7.29. The SMILES string of the molecule is CCOC(=O)C1CCCN1CC(=O)N(C)Cc1cccs1.